The number of furan rings is 1. The Bertz CT molecular complexity index is 3540. The third-order valence-corrected chi connectivity index (χ3v) is 11.9. The maximum Gasteiger partial charge on any atom is 0.137 e. The van der Waals surface area contributed by atoms with Gasteiger partial charge in [-0.3, -0.25) is 0 Å². The topological polar surface area (TPSA) is 21.3 Å². The van der Waals surface area contributed by atoms with Crippen LogP contribution < -0.4 is 4.90 Å². The lowest BCUT2D eigenvalue weighted by Gasteiger charge is -2.26. The molecule has 10 aromatic carbocycles. The van der Waals surface area contributed by atoms with E-state index in [4.69, 9.17) is 4.42 Å². The van der Waals surface area contributed by atoms with Crippen LogP contribution in [0.25, 0.3) is 93.2 Å². The van der Waals surface area contributed by atoms with Gasteiger partial charge in [-0.05, 0) is 105 Å². The Balaban J connectivity index is 1.19. The molecule has 0 bridgehead atoms. The van der Waals surface area contributed by atoms with Gasteiger partial charge in [0.25, 0.3) is 0 Å². The number of hydrogen-bond donors (Lipinski definition) is 0. The molecule has 12 aromatic rings. The van der Waals surface area contributed by atoms with Crippen LogP contribution in [0.4, 0.5) is 17.1 Å². The molecule has 0 N–H and O–H groups in total. The van der Waals surface area contributed by atoms with Crippen LogP contribution in [0, 0.1) is 0 Å². The molecule has 0 amide bonds. The Morgan fingerprint density at radius 3 is 1.78 bits per heavy atom. The van der Waals surface area contributed by atoms with Crippen molar-refractivity contribution in [1.29, 1.82) is 0 Å². The van der Waals surface area contributed by atoms with E-state index in [2.05, 4.69) is 222 Å². The predicted octanol–water partition coefficient (Wildman–Crippen LogP) is 15.8. The van der Waals surface area contributed by atoms with Crippen LogP contribution in [0.1, 0.15) is 0 Å². The Labute approximate surface area is 341 Å². The van der Waals surface area contributed by atoms with Gasteiger partial charge in [0.15, 0.2) is 0 Å². The summed E-state index contributed by atoms with van der Waals surface area (Å²) < 4.78 is 8.98. The van der Waals surface area contributed by atoms with E-state index in [1.54, 1.807) is 0 Å². The Kier molecular flexibility index (Phi) is 7.54. The van der Waals surface area contributed by atoms with Crippen molar-refractivity contribution in [2.75, 3.05) is 4.90 Å². The van der Waals surface area contributed by atoms with E-state index in [1.807, 2.05) is 6.07 Å². The lowest BCUT2D eigenvalue weighted by molar-refractivity contribution is 0.669. The molecule has 3 heteroatoms. The van der Waals surface area contributed by atoms with Gasteiger partial charge in [0.1, 0.15) is 11.2 Å². The minimum Gasteiger partial charge on any atom is -0.456 e. The van der Waals surface area contributed by atoms with Crippen molar-refractivity contribution in [2.45, 2.75) is 0 Å². The quantitative estimate of drug-likeness (QED) is 0.169. The van der Waals surface area contributed by atoms with Crippen molar-refractivity contribution >= 4 is 82.4 Å². The molecule has 0 unspecified atom stereocenters. The maximum absolute atomic E-state index is 6.49. The highest BCUT2D eigenvalue weighted by molar-refractivity contribution is 6.25. The summed E-state index contributed by atoms with van der Waals surface area (Å²) >= 11 is 0. The summed E-state index contributed by atoms with van der Waals surface area (Å²) in [4.78, 5) is 2.40. The highest BCUT2D eigenvalue weighted by Crippen LogP contribution is 2.47. The zero-order valence-corrected chi connectivity index (χ0v) is 32.1. The summed E-state index contributed by atoms with van der Waals surface area (Å²) in [5, 5.41) is 9.43. The number of fused-ring (bicyclic) bond motifs is 9. The molecular weight excluding hydrogens is 717 g/mol. The van der Waals surface area contributed by atoms with E-state index in [0.29, 0.717) is 0 Å². The van der Waals surface area contributed by atoms with Gasteiger partial charge in [-0.15, -0.1) is 0 Å². The number of benzene rings is 10. The van der Waals surface area contributed by atoms with Crippen molar-refractivity contribution in [2.24, 2.45) is 0 Å². The number of nitrogens with zero attached hydrogens (tertiary/aromatic N) is 2. The van der Waals surface area contributed by atoms with Crippen LogP contribution in [-0.2, 0) is 0 Å². The standard InChI is InChI=1S/C56H36N2O/c1-3-14-37(15-4-1)39-26-29-43(30-27-39)57(44-31-28-38-16-7-8-19-41(38)34-44)45-32-33-50-49(36-45)54-48(40-17-5-2-6-18-40)35-42-20-9-10-21-46(42)56(54)58(50)51-23-13-25-53-55(51)47-22-11-12-24-52(47)59-53/h1-36H. The van der Waals surface area contributed by atoms with E-state index < -0.39 is 0 Å². The fraction of sp³-hybridized carbons (Fsp3) is 0. The second kappa shape index (κ2) is 13.4. The van der Waals surface area contributed by atoms with Gasteiger partial charge in [-0.1, -0.05) is 152 Å². The van der Waals surface area contributed by atoms with Crippen LogP contribution in [-0.4, -0.2) is 4.57 Å². The van der Waals surface area contributed by atoms with Crippen molar-refractivity contribution < 1.29 is 4.42 Å². The largest absolute Gasteiger partial charge is 0.456 e. The van der Waals surface area contributed by atoms with E-state index in [-0.39, 0.29) is 0 Å². The molecule has 0 aliphatic heterocycles. The van der Waals surface area contributed by atoms with E-state index in [9.17, 15) is 0 Å². The minimum atomic E-state index is 0.875. The van der Waals surface area contributed by atoms with Crippen LogP contribution in [0.3, 0.4) is 0 Å². The number of anilines is 3. The van der Waals surface area contributed by atoms with Gasteiger partial charge in [-0.25, -0.2) is 0 Å². The first kappa shape index (κ1) is 33.3. The van der Waals surface area contributed by atoms with Crippen LogP contribution >= 0.6 is 0 Å². The zero-order valence-electron chi connectivity index (χ0n) is 32.1. The molecule has 2 aromatic heterocycles. The SMILES string of the molecule is c1ccc(-c2ccc(N(c3ccc4ccccc4c3)c3ccc4c(c3)c3c(-c5ccccc5)cc5ccccc5c3n4-c3cccc4oc5ccccc5c34)cc2)cc1. The second-order valence-corrected chi connectivity index (χ2v) is 15.3. The highest BCUT2D eigenvalue weighted by atomic mass is 16.3. The molecule has 2 heterocycles. The molecule has 12 rings (SSSR count). The summed E-state index contributed by atoms with van der Waals surface area (Å²) in [5.74, 6) is 0. The fourth-order valence-corrected chi connectivity index (χ4v) is 9.25. The maximum atomic E-state index is 6.49. The lowest BCUT2D eigenvalue weighted by Crippen LogP contribution is -2.10. The van der Waals surface area contributed by atoms with Crippen molar-refractivity contribution in [3.05, 3.63) is 218 Å². The second-order valence-electron chi connectivity index (χ2n) is 15.3. The van der Waals surface area contributed by atoms with Gasteiger partial charge in [0, 0.05) is 38.6 Å². The summed E-state index contributed by atoms with van der Waals surface area (Å²) in [6.45, 7) is 0. The Morgan fingerprint density at radius 1 is 0.356 bits per heavy atom. The summed E-state index contributed by atoms with van der Waals surface area (Å²) in [7, 11) is 0. The van der Waals surface area contributed by atoms with Gasteiger partial charge in [-0.2, -0.15) is 0 Å². The molecule has 0 saturated heterocycles. The number of hydrogen-bond acceptors (Lipinski definition) is 2. The van der Waals surface area contributed by atoms with E-state index in [1.165, 1.54) is 60.1 Å². The molecule has 59 heavy (non-hydrogen) atoms. The molecule has 0 atom stereocenters. The molecule has 276 valence electrons. The molecule has 0 radical (unpaired) electrons. The fourth-order valence-electron chi connectivity index (χ4n) is 9.25. The average Bonchev–Trinajstić information content (AvgIpc) is 3.86. The van der Waals surface area contributed by atoms with Crippen LogP contribution in [0.5, 0.6) is 0 Å². The molecule has 0 aliphatic carbocycles. The highest BCUT2D eigenvalue weighted by Gasteiger charge is 2.24. The minimum absolute atomic E-state index is 0.875. The lowest BCUT2D eigenvalue weighted by atomic mass is 9.95. The molecular formula is C56H36N2O. The first-order chi connectivity index (χ1) is 29.3. The van der Waals surface area contributed by atoms with Crippen molar-refractivity contribution in [1.82, 2.24) is 4.57 Å². The van der Waals surface area contributed by atoms with Gasteiger partial charge >= 0.3 is 0 Å². The monoisotopic (exact) mass is 752 g/mol. The van der Waals surface area contributed by atoms with Gasteiger partial charge in [0.2, 0.25) is 0 Å². The molecule has 0 fully saturated rings. The van der Waals surface area contributed by atoms with Crippen molar-refractivity contribution in [3.63, 3.8) is 0 Å². The predicted molar refractivity (Wildman–Crippen MR) is 249 cm³/mol. The number of rotatable bonds is 6. The normalized spacial score (nSPS) is 11.7. The molecule has 0 saturated carbocycles. The summed E-state index contributed by atoms with van der Waals surface area (Å²) in [5.41, 5.74) is 13.2. The third-order valence-electron chi connectivity index (χ3n) is 11.9. The first-order valence-corrected chi connectivity index (χ1v) is 20.2. The molecule has 3 nitrogen and oxygen atoms in total. The summed E-state index contributed by atoms with van der Waals surface area (Å²) in [6.07, 6.45) is 0. The first-order valence-electron chi connectivity index (χ1n) is 20.2. The molecule has 0 spiro atoms. The molecule has 0 aliphatic rings. The van der Waals surface area contributed by atoms with Gasteiger partial charge in [0.05, 0.1) is 22.1 Å². The Hall–Kier alpha value is -7.88. The Morgan fingerprint density at radius 2 is 0.966 bits per heavy atom. The van der Waals surface area contributed by atoms with E-state index in [0.717, 1.165) is 50.2 Å². The zero-order chi connectivity index (χ0) is 38.9. The van der Waals surface area contributed by atoms with Gasteiger partial charge < -0.3 is 13.9 Å². The van der Waals surface area contributed by atoms with E-state index >= 15 is 0 Å². The van der Waals surface area contributed by atoms with Crippen LogP contribution in [0.15, 0.2) is 223 Å². The third kappa shape index (κ3) is 5.36. The van der Waals surface area contributed by atoms with Crippen molar-refractivity contribution in [3.8, 4) is 27.9 Å². The number of para-hydroxylation sites is 1. The average molecular weight is 753 g/mol. The van der Waals surface area contributed by atoms with Crippen LogP contribution in [0.2, 0.25) is 0 Å². The summed E-state index contributed by atoms with van der Waals surface area (Å²) in [6, 6.07) is 78.8. The number of aromatic nitrogens is 1. The smallest absolute Gasteiger partial charge is 0.137 e.